The highest BCUT2D eigenvalue weighted by Gasteiger charge is 2.34. The van der Waals surface area contributed by atoms with Crippen molar-refractivity contribution < 1.29 is 0 Å². The van der Waals surface area contributed by atoms with Crippen LogP contribution in [0.2, 0.25) is 0 Å². The van der Waals surface area contributed by atoms with E-state index in [1.54, 1.807) is 0 Å². The van der Waals surface area contributed by atoms with Gasteiger partial charge in [0.25, 0.3) is 0 Å². The quantitative estimate of drug-likeness (QED) is 0.673. The fourth-order valence-corrected chi connectivity index (χ4v) is 3.33. The highest BCUT2D eigenvalue weighted by Crippen LogP contribution is 2.50. The maximum Gasteiger partial charge on any atom is 0.0164 e. The number of allylic oxidation sites excluding steroid dienone is 3. The number of hydrogen-bond acceptors (Lipinski definition) is 0. The van der Waals surface area contributed by atoms with Crippen LogP contribution < -0.4 is 0 Å². The lowest BCUT2D eigenvalue weighted by molar-refractivity contribution is 0.655. The Morgan fingerprint density at radius 1 is 0.850 bits per heavy atom. The Morgan fingerprint density at radius 3 is 2.00 bits per heavy atom. The third-order valence-electron chi connectivity index (χ3n) is 4.49. The third-order valence-corrected chi connectivity index (χ3v) is 4.49. The van der Waals surface area contributed by atoms with Crippen LogP contribution in [0.4, 0.5) is 0 Å². The van der Waals surface area contributed by atoms with Crippen molar-refractivity contribution in [3.05, 3.63) is 89.5 Å². The van der Waals surface area contributed by atoms with Crippen molar-refractivity contribution in [3.63, 3.8) is 0 Å². The molecule has 0 aromatic heterocycles. The van der Waals surface area contributed by atoms with Gasteiger partial charge in [0.1, 0.15) is 0 Å². The third kappa shape index (κ3) is 2.02. The molecule has 100 valence electrons. The van der Waals surface area contributed by atoms with Crippen LogP contribution in [0.3, 0.4) is 0 Å². The lowest BCUT2D eigenvalue weighted by atomic mass is 9.82. The molecule has 1 aliphatic carbocycles. The molecule has 0 heterocycles. The summed E-state index contributed by atoms with van der Waals surface area (Å²) in [6, 6.07) is 21.5. The molecule has 0 aliphatic heterocycles. The molecule has 0 heteroatoms. The van der Waals surface area contributed by atoms with E-state index in [0.717, 1.165) is 0 Å². The Balaban J connectivity index is 2.15. The van der Waals surface area contributed by atoms with Gasteiger partial charge in [-0.2, -0.15) is 0 Å². The molecule has 2 unspecified atom stereocenters. The van der Waals surface area contributed by atoms with Gasteiger partial charge in [0.15, 0.2) is 0 Å². The van der Waals surface area contributed by atoms with Crippen LogP contribution in [0.15, 0.2) is 78.4 Å². The van der Waals surface area contributed by atoms with Crippen molar-refractivity contribution >= 4 is 5.57 Å². The molecule has 0 saturated heterocycles. The van der Waals surface area contributed by atoms with Crippen LogP contribution in [0, 0.1) is 5.92 Å². The second kappa shape index (κ2) is 5.13. The Labute approximate surface area is 121 Å². The highest BCUT2D eigenvalue weighted by atomic mass is 14.4. The van der Waals surface area contributed by atoms with Crippen LogP contribution in [0.1, 0.15) is 30.9 Å². The van der Waals surface area contributed by atoms with Gasteiger partial charge in [-0.15, -0.1) is 0 Å². The molecule has 0 fully saturated rings. The van der Waals surface area contributed by atoms with E-state index >= 15 is 0 Å². The van der Waals surface area contributed by atoms with E-state index in [0.29, 0.717) is 11.8 Å². The Bertz CT molecular complexity index is 647. The number of benzene rings is 2. The smallest absolute Gasteiger partial charge is 0.0164 e. The average Bonchev–Trinajstić information content (AvgIpc) is 2.73. The summed E-state index contributed by atoms with van der Waals surface area (Å²) in [5.41, 5.74) is 6.78. The summed E-state index contributed by atoms with van der Waals surface area (Å²) in [6.07, 6.45) is 0. The number of rotatable bonds is 2. The lowest BCUT2D eigenvalue weighted by Crippen LogP contribution is -2.07. The maximum absolute atomic E-state index is 4.31. The van der Waals surface area contributed by atoms with Crippen molar-refractivity contribution in [1.82, 2.24) is 0 Å². The Hall–Kier alpha value is -2.08. The van der Waals surface area contributed by atoms with E-state index in [-0.39, 0.29) is 0 Å². The summed E-state index contributed by atoms with van der Waals surface area (Å²) in [5.74, 6) is 0.888. The maximum atomic E-state index is 4.31. The molecule has 2 atom stereocenters. The summed E-state index contributed by atoms with van der Waals surface area (Å²) in [5, 5.41) is 0. The molecule has 0 radical (unpaired) electrons. The highest BCUT2D eigenvalue weighted by molar-refractivity contribution is 5.81. The van der Waals surface area contributed by atoms with Gasteiger partial charge >= 0.3 is 0 Å². The molecule has 0 nitrogen and oxygen atoms in total. The normalized spacial score (nSPS) is 22.4. The number of hydrogen-bond donors (Lipinski definition) is 0. The minimum atomic E-state index is 0.422. The molecular formula is C20H20. The van der Waals surface area contributed by atoms with E-state index in [1.807, 2.05) is 0 Å². The molecule has 1 aliphatic rings. The van der Waals surface area contributed by atoms with E-state index in [1.165, 1.54) is 27.8 Å². The van der Waals surface area contributed by atoms with Gasteiger partial charge in [0.2, 0.25) is 0 Å². The standard InChI is InChI=1S/C20H20/c1-14-15(2)19(17-10-6-4-7-11-17)20(16(14)3)18-12-8-5-9-13-18/h4-13,15,19H,1H2,2-3H3. The molecule has 0 spiro atoms. The van der Waals surface area contributed by atoms with Crippen molar-refractivity contribution in [2.45, 2.75) is 19.8 Å². The van der Waals surface area contributed by atoms with Crippen LogP contribution >= 0.6 is 0 Å². The Kier molecular flexibility index (Phi) is 3.31. The average molecular weight is 260 g/mol. The predicted octanol–water partition coefficient (Wildman–Crippen LogP) is 5.45. The molecule has 0 saturated carbocycles. The molecule has 20 heavy (non-hydrogen) atoms. The van der Waals surface area contributed by atoms with Crippen LogP contribution in [-0.4, -0.2) is 0 Å². The zero-order valence-electron chi connectivity index (χ0n) is 12.1. The van der Waals surface area contributed by atoms with Crippen molar-refractivity contribution in [3.8, 4) is 0 Å². The van der Waals surface area contributed by atoms with Gasteiger partial charge < -0.3 is 0 Å². The molecule has 0 amide bonds. The van der Waals surface area contributed by atoms with Crippen LogP contribution in [0.5, 0.6) is 0 Å². The largest absolute Gasteiger partial charge is 0.0953 e. The zero-order chi connectivity index (χ0) is 14.1. The Morgan fingerprint density at radius 2 is 1.40 bits per heavy atom. The SMILES string of the molecule is C=C1C(C)=C(c2ccccc2)C(c2ccccc2)C1C. The first kappa shape index (κ1) is 12.9. The lowest BCUT2D eigenvalue weighted by Gasteiger charge is -2.21. The van der Waals surface area contributed by atoms with Gasteiger partial charge in [0, 0.05) is 5.92 Å². The summed E-state index contributed by atoms with van der Waals surface area (Å²) in [6.45, 7) is 8.81. The second-order valence-electron chi connectivity index (χ2n) is 5.61. The zero-order valence-corrected chi connectivity index (χ0v) is 12.1. The monoisotopic (exact) mass is 260 g/mol. The van der Waals surface area contributed by atoms with E-state index in [9.17, 15) is 0 Å². The van der Waals surface area contributed by atoms with Crippen molar-refractivity contribution in [2.75, 3.05) is 0 Å². The molecule has 2 aromatic rings. The van der Waals surface area contributed by atoms with Crippen molar-refractivity contribution in [1.29, 1.82) is 0 Å². The first-order chi connectivity index (χ1) is 9.70. The van der Waals surface area contributed by atoms with E-state index in [2.05, 4.69) is 81.1 Å². The molecule has 0 N–H and O–H groups in total. The molecular weight excluding hydrogens is 240 g/mol. The van der Waals surface area contributed by atoms with Gasteiger partial charge in [-0.1, -0.05) is 74.2 Å². The fraction of sp³-hybridized carbons (Fsp3) is 0.200. The summed E-state index contributed by atoms with van der Waals surface area (Å²) in [4.78, 5) is 0. The first-order valence-electron chi connectivity index (χ1n) is 7.20. The van der Waals surface area contributed by atoms with Crippen molar-refractivity contribution in [2.24, 2.45) is 5.92 Å². The molecule has 0 bridgehead atoms. The van der Waals surface area contributed by atoms with Gasteiger partial charge in [-0.25, -0.2) is 0 Å². The summed E-state index contributed by atoms with van der Waals surface area (Å²) < 4.78 is 0. The fourth-order valence-electron chi connectivity index (χ4n) is 3.33. The van der Waals surface area contributed by atoms with Gasteiger partial charge in [0.05, 0.1) is 0 Å². The second-order valence-corrected chi connectivity index (χ2v) is 5.61. The van der Waals surface area contributed by atoms with E-state index in [4.69, 9.17) is 0 Å². The molecule has 3 rings (SSSR count). The van der Waals surface area contributed by atoms with Gasteiger partial charge in [-0.05, 0) is 40.7 Å². The summed E-state index contributed by atoms with van der Waals surface area (Å²) >= 11 is 0. The van der Waals surface area contributed by atoms with Crippen LogP contribution in [-0.2, 0) is 0 Å². The molecule has 2 aromatic carbocycles. The van der Waals surface area contributed by atoms with Gasteiger partial charge in [-0.3, -0.25) is 0 Å². The summed E-state index contributed by atoms with van der Waals surface area (Å²) in [7, 11) is 0. The minimum absolute atomic E-state index is 0.422. The van der Waals surface area contributed by atoms with E-state index < -0.39 is 0 Å². The topological polar surface area (TPSA) is 0 Å². The predicted molar refractivity (Wildman–Crippen MR) is 86.5 cm³/mol. The minimum Gasteiger partial charge on any atom is -0.0953 e. The van der Waals surface area contributed by atoms with Crippen LogP contribution in [0.25, 0.3) is 5.57 Å². The first-order valence-corrected chi connectivity index (χ1v) is 7.20.